The number of thiocarbonyl (C=S) groups is 1. The summed E-state index contributed by atoms with van der Waals surface area (Å²) < 4.78 is 25.6. The molecule has 0 unspecified atom stereocenters. The molecule has 11 heteroatoms. The molecule has 1 heterocycles. The van der Waals surface area contributed by atoms with Crippen molar-refractivity contribution in [3.05, 3.63) is 56.6 Å². The van der Waals surface area contributed by atoms with Crippen LogP contribution in [0.4, 0.5) is 11.4 Å². The highest BCUT2D eigenvalue weighted by molar-refractivity contribution is 14.1. The summed E-state index contributed by atoms with van der Waals surface area (Å²) in [7, 11) is -3.15. The van der Waals surface area contributed by atoms with Gasteiger partial charge in [-0.2, -0.15) is 4.31 Å². The number of hydrogen-bond acceptors (Lipinski definition) is 5. The maximum Gasteiger partial charge on any atom is 0.258 e. The van der Waals surface area contributed by atoms with E-state index in [0.717, 1.165) is 14.9 Å². The first-order chi connectivity index (χ1) is 14.1. The van der Waals surface area contributed by atoms with Gasteiger partial charge in [0.25, 0.3) is 5.91 Å². The van der Waals surface area contributed by atoms with Crippen LogP contribution < -0.4 is 15.5 Å². The van der Waals surface area contributed by atoms with Gasteiger partial charge in [0.1, 0.15) is 0 Å². The molecular weight excluding hydrogens is 559 g/mol. The van der Waals surface area contributed by atoms with E-state index in [1.807, 2.05) is 30.3 Å². The second kappa shape index (κ2) is 9.77. The van der Waals surface area contributed by atoms with Crippen LogP contribution in [0.1, 0.15) is 10.4 Å². The van der Waals surface area contributed by atoms with Crippen molar-refractivity contribution in [2.45, 2.75) is 0 Å². The summed E-state index contributed by atoms with van der Waals surface area (Å²) in [6.45, 7) is 2.20. The molecule has 0 bridgehead atoms. The molecule has 2 N–H and O–H groups in total. The van der Waals surface area contributed by atoms with E-state index in [0.29, 0.717) is 36.8 Å². The molecule has 1 amide bonds. The maximum atomic E-state index is 12.4. The number of nitrogens with one attached hydrogen (secondary N) is 2. The van der Waals surface area contributed by atoms with Gasteiger partial charge in [0, 0.05) is 41.1 Å². The predicted octanol–water partition coefficient (Wildman–Crippen LogP) is 3.15. The van der Waals surface area contributed by atoms with Crippen LogP contribution in [-0.4, -0.2) is 56.2 Å². The molecule has 0 radical (unpaired) electrons. The van der Waals surface area contributed by atoms with Gasteiger partial charge in [-0.1, -0.05) is 11.6 Å². The molecule has 0 atom stereocenters. The van der Waals surface area contributed by atoms with Crippen LogP contribution in [-0.2, 0) is 10.0 Å². The molecule has 1 saturated heterocycles. The second-order valence-corrected chi connectivity index (χ2v) is 10.8. The first-order valence-electron chi connectivity index (χ1n) is 9.01. The van der Waals surface area contributed by atoms with Crippen LogP contribution >= 0.6 is 46.4 Å². The average Bonchev–Trinajstić information content (AvgIpc) is 2.69. The van der Waals surface area contributed by atoms with Crippen molar-refractivity contribution in [2.24, 2.45) is 0 Å². The Morgan fingerprint density at radius 1 is 1.10 bits per heavy atom. The van der Waals surface area contributed by atoms with Crippen molar-refractivity contribution in [1.82, 2.24) is 9.62 Å². The molecule has 1 aliphatic heterocycles. The largest absolute Gasteiger partial charge is 0.369 e. The van der Waals surface area contributed by atoms with Crippen molar-refractivity contribution >= 4 is 78.8 Å². The van der Waals surface area contributed by atoms with Gasteiger partial charge in [-0.25, -0.2) is 8.42 Å². The summed E-state index contributed by atoms with van der Waals surface area (Å²) in [6, 6.07) is 12.8. The third kappa shape index (κ3) is 6.03. The number of piperazine rings is 1. The minimum atomic E-state index is -3.15. The summed E-state index contributed by atoms with van der Waals surface area (Å²) in [5, 5.41) is 6.14. The van der Waals surface area contributed by atoms with Gasteiger partial charge in [-0.05, 0) is 77.3 Å². The van der Waals surface area contributed by atoms with Gasteiger partial charge in [-0.3, -0.25) is 10.1 Å². The highest BCUT2D eigenvalue weighted by Gasteiger charge is 2.23. The van der Waals surface area contributed by atoms with Crippen LogP contribution in [0.5, 0.6) is 0 Å². The first kappa shape index (κ1) is 23.2. The monoisotopic (exact) mass is 578 g/mol. The minimum Gasteiger partial charge on any atom is -0.369 e. The van der Waals surface area contributed by atoms with E-state index < -0.39 is 10.0 Å². The third-order valence-corrected chi connectivity index (χ3v) is 7.11. The number of anilines is 2. The van der Waals surface area contributed by atoms with Gasteiger partial charge >= 0.3 is 0 Å². The Kier molecular flexibility index (Phi) is 7.56. The minimum absolute atomic E-state index is 0.171. The second-order valence-electron chi connectivity index (χ2n) is 6.73. The zero-order valence-corrected chi connectivity index (χ0v) is 20.6. The average molecular weight is 579 g/mol. The molecule has 2 aromatic carbocycles. The van der Waals surface area contributed by atoms with Crippen LogP contribution in [0.2, 0.25) is 5.02 Å². The molecule has 0 spiro atoms. The number of rotatable bonds is 4. The van der Waals surface area contributed by atoms with E-state index in [1.54, 1.807) is 12.1 Å². The van der Waals surface area contributed by atoms with E-state index in [2.05, 4.69) is 38.1 Å². The van der Waals surface area contributed by atoms with Gasteiger partial charge in [0.15, 0.2) is 5.11 Å². The normalized spacial score (nSPS) is 15.0. The number of hydrogen-bond donors (Lipinski definition) is 2. The fourth-order valence-electron chi connectivity index (χ4n) is 3.04. The number of sulfonamides is 1. The number of carbonyl (C=O) groups excluding carboxylic acids is 1. The summed E-state index contributed by atoms with van der Waals surface area (Å²) in [5.74, 6) is -0.378. The molecule has 0 saturated carbocycles. The predicted molar refractivity (Wildman–Crippen MR) is 133 cm³/mol. The molecule has 160 valence electrons. The van der Waals surface area contributed by atoms with Gasteiger partial charge in [0.2, 0.25) is 10.0 Å². The number of nitrogens with zero attached hydrogens (tertiary/aromatic N) is 2. The lowest BCUT2D eigenvalue weighted by molar-refractivity contribution is 0.0978. The number of carbonyl (C=O) groups is 1. The smallest absolute Gasteiger partial charge is 0.258 e. The zero-order valence-electron chi connectivity index (χ0n) is 16.1. The Morgan fingerprint density at radius 3 is 2.33 bits per heavy atom. The Labute approximate surface area is 200 Å². The van der Waals surface area contributed by atoms with Crippen molar-refractivity contribution in [3.8, 4) is 0 Å². The Bertz CT molecular complexity index is 1060. The van der Waals surface area contributed by atoms with E-state index in [-0.39, 0.29) is 11.0 Å². The molecule has 2 aromatic rings. The molecule has 0 aromatic heterocycles. The number of amides is 1. The van der Waals surface area contributed by atoms with E-state index in [4.69, 9.17) is 23.8 Å². The van der Waals surface area contributed by atoms with Crippen LogP contribution in [0.3, 0.4) is 0 Å². The molecule has 1 aliphatic rings. The fourth-order valence-corrected chi connectivity index (χ4v) is 4.77. The lowest BCUT2D eigenvalue weighted by Gasteiger charge is -2.34. The lowest BCUT2D eigenvalue weighted by Crippen LogP contribution is -2.48. The topological polar surface area (TPSA) is 81.8 Å². The van der Waals surface area contributed by atoms with Crippen LogP contribution in [0.25, 0.3) is 0 Å². The summed E-state index contributed by atoms with van der Waals surface area (Å²) >= 11 is 13.4. The Morgan fingerprint density at radius 2 is 1.73 bits per heavy atom. The highest BCUT2D eigenvalue weighted by Crippen LogP contribution is 2.21. The van der Waals surface area contributed by atoms with Crippen molar-refractivity contribution in [3.63, 3.8) is 0 Å². The van der Waals surface area contributed by atoms with Crippen molar-refractivity contribution in [1.29, 1.82) is 0 Å². The number of benzene rings is 2. The zero-order chi connectivity index (χ0) is 21.9. The van der Waals surface area contributed by atoms with Crippen molar-refractivity contribution < 1.29 is 13.2 Å². The molecule has 3 rings (SSSR count). The van der Waals surface area contributed by atoms with Crippen LogP contribution in [0.15, 0.2) is 42.5 Å². The van der Waals surface area contributed by atoms with Gasteiger partial charge in [-0.15, -0.1) is 0 Å². The highest BCUT2D eigenvalue weighted by atomic mass is 127. The standard InChI is InChI=1S/C19H20ClIN4O3S2/c1-30(27,28)25-10-8-24(9-11-25)15-5-3-14(4-6-15)22-19(29)23-18(26)16-12-13(21)2-7-17(16)20/h2-7,12H,8-11H2,1H3,(H2,22,23,26,29). The van der Waals surface area contributed by atoms with Gasteiger partial charge < -0.3 is 10.2 Å². The molecule has 7 nitrogen and oxygen atoms in total. The molecular formula is C19H20ClIN4O3S2. The molecule has 30 heavy (non-hydrogen) atoms. The fraction of sp³-hybridized carbons (Fsp3) is 0.263. The molecule has 1 fully saturated rings. The van der Waals surface area contributed by atoms with Crippen LogP contribution in [0, 0.1) is 3.57 Å². The maximum absolute atomic E-state index is 12.4. The SMILES string of the molecule is CS(=O)(=O)N1CCN(c2ccc(NC(=S)NC(=O)c3cc(I)ccc3Cl)cc2)CC1. The molecule has 0 aliphatic carbocycles. The summed E-state index contributed by atoms with van der Waals surface area (Å²) in [5.41, 5.74) is 2.08. The first-order valence-corrected chi connectivity index (χ1v) is 12.7. The number of halogens is 2. The summed E-state index contributed by atoms with van der Waals surface area (Å²) in [6.07, 6.45) is 1.23. The Balaban J connectivity index is 1.56. The Hall–Kier alpha value is -1.47. The third-order valence-electron chi connectivity index (χ3n) is 4.60. The van der Waals surface area contributed by atoms with Crippen molar-refractivity contribution in [2.75, 3.05) is 42.7 Å². The van der Waals surface area contributed by atoms with Gasteiger partial charge in [0.05, 0.1) is 16.8 Å². The van der Waals surface area contributed by atoms with E-state index in [9.17, 15) is 13.2 Å². The lowest BCUT2D eigenvalue weighted by atomic mass is 10.2. The summed E-state index contributed by atoms with van der Waals surface area (Å²) in [4.78, 5) is 14.5. The van der Waals surface area contributed by atoms with E-state index >= 15 is 0 Å². The quantitative estimate of drug-likeness (QED) is 0.429. The van der Waals surface area contributed by atoms with E-state index in [1.165, 1.54) is 10.6 Å².